The minimum atomic E-state index is -0.939. The van der Waals surface area contributed by atoms with E-state index in [-0.39, 0.29) is 11.1 Å². The van der Waals surface area contributed by atoms with E-state index in [0.29, 0.717) is 13.1 Å². The summed E-state index contributed by atoms with van der Waals surface area (Å²) in [4.78, 5) is 13.4. The van der Waals surface area contributed by atoms with E-state index < -0.39 is 29.4 Å². The minimum absolute atomic E-state index is 0.182. The van der Waals surface area contributed by atoms with Crippen LogP contribution < -0.4 is 0 Å². The molecule has 2 rings (SSSR count). The molecule has 1 unspecified atom stereocenters. The Morgan fingerprint density at radius 3 is 2.45 bits per heavy atom. The number of aliphatic carboxylic acids is 1. The van der Waals surface area contributed by atoms with Crippen molar-refractivity contribution >= 4 is 5.97 Å². The van der Waals surface area contributed by atoms with Crippen molar-refractivity contribution in [2.24, 2.45) is 5.92 Å². The molecule has 2 atom stereocenters. The fourth-order valence-corrected chi connectivity index (χ4v) is 2.72. The number of carboxylic acids is 1. The van der Waals surface area contributed by atoms with Gasteiger partial charge in [-0.05, 0) is 32.4 Å². The van der Waals surface area contributed by atoms with Crippen LogP contribution in [0.25, 0.3) is 0 Å². The summed E-state index contributed by atoms with van der Waals surface area (Å²) < 4.78 is 26.9. The molecule has 110 valence electrons. The first kappa shape index (κ1) is 14.9. The third kappa shape index (κ3) is 2.82. The highest BCUT2D eigenvalue weighted by Crippen LogP contribution is 2.37. The molecule has 5 heteroatoms. The van der Waals surface area contributed by atoms with Crippen molar-refractivity contribution in [2.45, 2.75) is 32.2 Å². The second-order valence-corrected chi connectivity index (χ2v) is 6.29. The van der Waals surface area contributed by atoms with E-state index in [1.807, 2.05) is 25.7 Å². The fraction of sp³-hybridized carbons (Fsp3) is 0.533. The Bertz CT molecular complexity index is 525. The number of benzene rings is 1. The van der Waals surface area contributed by atoms with Crippen LogP contribution in [0.15, 0.2) is 18.2 Å². The van der Waals surface area contributed by atoms with Crippen molar-refractivity contribution in [3.05, 3.63) is 35.4 Å². The number of hydrogen-bond acceptors (Lipinski definition) is 2. The van der Waals surface area contributed by atoms with Crippen LogP contribution in [0, 0.1) is 17.6 Å². The lowest BCUT2D eigenvalue weighted by Gasteiger charge is -2.31. The molecule has 0 saturated carbocycles. The van der Waals surface area contributed by atoms with E-state index in [0.717, 1.165) is 6.07 Å². The number of rotatable bonds is 2. The molecule has 1 fully saturated rings. The lowest BCUT2D eigenvalue weighted by atomic mass is 9.88. The van der Waals surface area contributed by atoms with Crippen LogP contribution in [0.4, 0.5) is 8.78 Å². The van der Waals surface area contributed by atoms with E-state index in [2.05, 4.69) is 0 Å². The van der Waals surface area contributed by atoms with Crippen LogP contribution in [0.1, 0.15) is 32.3 Å². The molecule has 0 radical (unpaired) electrons. The van der Waals surface area contributed by atoms with Crippen LogP contribution >= 0.6 is 0 Å². The molecule has 1 aromatic rings. The van der Waals surface area contributed by atoms with Crippen molar-refractivity contribution in [3.63, 3.8) is 0 Å². The number of carbonyl (C=O) groups is 1. The van der Waals surface area contributed by atoms with Gasteiger partial charge in [0, 0.05) is 30.6 Å². The van der Waals surface area contributed by atoms with Crippen molar-refractivity contribution in [1.29, 1.82) is 0 Å². The van der Waals surface area contributed by atoms with Gasteiger partial charge in [-0.15, -0.1) is 0 Å². The molecule has 0 amide bonds. The standard InChI is InChI=1S/C15H19F2NO2/c1-15(2,3)18-7-11(12(8-18)14(19)20)10-5-4-9(16)6-13(10)17/h4-6,11-12H,7-8H2,1-3H3,(H,19,20)/t11?,12-/m0/s1. The van der Waals surface area contributed by atoms with Crippen LogP contribution in [-0.2, 0) is 4.79 Å². The van der Waals surface area contributed by atoms with Gasteiger partial charge in [-0.25, -0.2) is 8.78 Å². The summed E-state index contributed by atoms with van der Waals surface area (Å²) in [5.41, 5.74) is 0.101. The van der Waals surface area contributed by atoms with Gasteiger partial charge in [0.15, 0.2) is 0 Å². The van der Waals surface area contributed by atoms with Crippen LogP contribution in [0.2, 0.25) is 0 Å². The zero-order valence-corrected chi connectivity index (χ0v) is 11.9. The van der Waals surface area contributed by atoms with Gasteiger partial charge in [0.2, 0.25) is 0 Å². The fourth-order valence-electron chi connectivity index (χ4n) is 2.72. The van der Waals surface area contributed by atoms with Gasteiger partial charge < -0.3 is 5.11 Å². The quantitative estimate of drug-likeness (QED) is 0.907. The molecule has 1 aromatic carbocycles. The van der Waals surface area contributed by atoms with Gasteiger partial charge in [-0.1, -0.05) is 6.07 Å². The first-order valence-corrected chi connectivity index (χ1v) is 6.63. The summed E-state index contributed by atoms with van der Waals surface area (Å²) in [6.45, 7) is 6.82. The summed E-state index contributed by atoms with van der Waals surface area (Å²) in [5, 5.41) is 9.35. The Morgan fingerprint density at radius 2 is 1.95 bits per heavy atom. The molecule has 1 N–H and O–H groups in total. The molecule has 1 heterocycles. The second kappa shape index (κ2) is 5.13. The van der Waals surface area contributed by atoms with E-state index in [4.69, 9.17) is 0 Å². The molecule has 0 aliphatic carbocycles. The molecule has 1 aliphatic rings. The summed E-state index contributed by atoms with van der Waals surface area (Å²) in [7, 11) is 0. The maximum atomic E-state index is 13.9. The predicted octanol–water partition coefficient (Wildman–Crippen LogP) is 2.86. The van der Waals surface area contributed by atoms with Crippen molar-refractivity contribution < 1.29 is 18.7 Å². The monoisotopic (exact) mass is 283 g/mol. The number of carboxylic acid groups (broad SMARTS) is 1. The highest BCUT2D eigenvalue weighted by molar-refractivity contribution is 5.72. The first-order valence-electron chi connectivity index (χ1n) is 6.63. The number of halogens is 2. The summed E-state index contributed by atoms with van der Waals surface area (Å²) in [6.07, 6.45) is 0. The van der Waals surface area contributed by atoms with Gasteiger partial charge >= 0.3 is 5.97 Å². The lowest BCUT2D eigenvalue weighted by Crippen LogP contribution is -2.40. The van der Waals surface area contributed by atoms with Gasteiger partial charge in [0.25, 0.3) is 0 Å². The first-order chi connectivity index (χ1) is 9.20. The molecule has 0 aromatic heterocycles. The Hall–Kier alpha value is -1.49. The van der Waals surface area contributed by atoms with Gasteiger partial charge in [-0.2, -0.15) is 0 Å². The Labute approximate surface area is 117 Å². The Morgan fingerprint density at radius 1 is 1.30 bits per heavy atom. The molecule has 3 nitrogen and oxygen atoms in total. The van der Waals surface area contributed by atoms with E-state index >= 15 is 0 Å². The molecule has 0 bridgehead atoms. The number of likely N-dealkylation sites (tertiary alicyclic amines) is 1. The Balaban J connectivity index is 2.35. The zero-order chi connectivity index (χ0) is 15.1. The van der Waals surface area contributed by atoms with Crippen LogP contribution in [0.3, 0.4) is 0 Å². The van der Waals surface area contributed by atoms with Gasteiger partial charge in [-0.3, -0.25) is 9.69 Å². The van der Waals surface area contributed by atoms with E-state index in [1.54, 1.807) is 0 Å². The molecule has 20 heavy (non-hydrogen) atoms. The molecule has 1 aliphatic heterocycles. The van der Waals surface area contributed by atoms with Gasteiger partial charge in [0.05, 0.1) is 5.92 Å². The maximum Gasteiger partial charge on any atom is 0.308 e. The third-order valence-electron chi connectivity index (χ3n) is 3.95. The predicted molar refractivity (Wildman–Crippen MR) is 71.6 cm³/mol. The summed E-state index contributed by atoms with van der Waals surface area (Å²) in [5.74, 6) is -3.38. The number of hydrogen-bond donors (Lipinski definition) is 1. The topological polar surface area (TPSA) is 40.5 Å². The highest BCUT2D eigenvalue weighted by Gasteiger charge is 2.42. The summed E-state index contributed by atoms with van der Waals surface area (Å²) in [6, 6.07) is 3.35. The van der Waals surface area contributed by atoms with Crippen molar-refractivity contribution in [2.75, 3.05) is 13.1 Å². The van der Waals surface area contributed by atoms with Crippen LogP contribution in [-0.4, -0.2) is 34.6 Å². The lowest BCUT2D eigenvalue weighted by molar-refractivity contribution is -0.141. The SMILES string of the molecule is CC(C)(C)N1CC(c2ccc(F)cc2F)[C@@H](C(=O)O)C1. The average molecular weight is 283 g/mol. The molecule has 0 spiro atoms. The van der Waals surface area contributed by atoms with Crippen molar-refractivity contribution in [1.82, 2.24) is 4.90 Å². The highest BCUT2D eigenvalue weighted by atomic mass is 19.1. The molecule has 1 saturated heterocycles. The normalized spacial score (nSPS) is 24.1. The van der Waals surface area contributed by atoms with Crippen LogP contribution in [0.5, 0.6) is 0 Å². The number of nitrogens with zero attached hydrogens (tertiary/aromatic N) is 1. The molecular weight excluding hydrogens is 264 g/mol. The smallest absolute Gasteiger partial charge is 0.308 e. The van der Waals surface area contributed by atoms with E-state index in [1.165, 1.54) is 12.1 Å². The Kier molecular flexibility index (Phi) is 3.82. The summed E-state index contributed by atoms with van der Waals surface area (Å²) >= 11 is 0. The van der Waals surface area contributed by atoms with Gasteiger partial charge in [0.1, 0.15) is 11.6 Å². The minimum Gasteiger partial charge on any atom is -0.481 e. The van der Waals surface area contributed by atoms with E-state index in [9.17, 15) is 18.7 Å². The zero-order valence-electron chi connectivity index (χ0n) is 11.9. The average Bonchev–Trinajstić information content (AvgIpc) is 2.73. The largest absolute Gasteiger partial charge is 0.481 e. The maximum absolute atomic E-state index is 13.9. The molecular formula is C15H19F2NO2. The third-order valence-corrected chi connectivity index (χ3v) is 3.95. The van der Waals surface area contributed by atoms with Crippen molar-refractivity contribution in [3.8, 4) is 0 Å². The second-order valence-electron chi connectivity index (χ2n) is 6.29.